The molecule has 0 spiro atoms. The minimum absolute atomic E-state index is 0.287. The van der Waals surface area contributed by atoms with Gasteiger partial charge in [0.15, 0.2) is 0 Å². The predicted octanol–water partition coefficient (Wildman–Crippen LogP) is 2.67. The quantitative estimate of drug-likeness (QED) is 0.877. The Morgan fingerprint density at radius 2 is 2.18 bits per heavy atom. The maximum Gasteiger partial charge on any atom is 0.336 e. The molecule has 0 saturated carbocycles. The lowest BCUT2D eigenvalue weighted by Crippen LogP contribution is -2.00. The highest BCUT2D eigenvalue weighted by Gasteiger charge is 2.09. The Morgan fingerprint density at radius 3 is 2.88 bits per heavy atom. The van der Waals surface area contributed by atoms with Crippen LogP contribution in [0.5, 0.6) is 0 Å². The molecule has 0 saturated heterocycles. The van der Waals surface area contributed by atoms with E-state index in [0.29, 0.717) is 10.9 Å². The highest BCUT2D eigenvalue weighted by atomic mass is 16.4. The van der Waals surface area contributed by atoms with Crippen LogP contribution in [-0.4, -0.2) is 21.3 Å². The maximum atomic E-state index is 11.1. The van der Waals surface area contributed by atoms with Gasteiger partial charge in [-0.2, -0.15) is 10.2 Å². The molecular weight excluding hydrogens is 216 g/mol. The molecule has 17 heavy (non-hydrogen) atoms. The van der Waals surface area contributed by atoms with Crippen LogP contribution in [0.3, 0.4) is 0 Å². The van der Waals surface area contributed by atoms with Crippen molar-refractivity contribution in [3.8, 4) is 0 Å². The Hall–Kier alpha value is -1.97. The van der Waals surface area contributed by atoms with Crippen LogP contribution < -0.4 is 0 Å². The van der Waals surface area contributed by atoms with Crippen molar-refractivity contribution in [2.45, 2.75) is 26.2 Å². The second-order valence-corrected chi connectivity index (χ2v) is 3.98. The molecule has 0 atom stereocenters. The van der Waals surface area contributed by atoms with Gasteiger partial charge in [0, 0.05) is 5.39 Å². The first-order valence-electron chi connectivity index (χ1n) is 5.71. The van der Waals surface area contributed by atoms with E-state index in [9.17, 15) is 4.79 Å². The van der Waals surface area contributed by atoms with E-state index in [1.807, 2.05) is 6.07 Å². The van der Waals surface area contributed by atoms with Gasteiger partial charge in [-0.3, -0.25) is 0 Å². The zero-order chi connectivity index (χ0) is 12.3. The Morgan fingerprint density at radius 1 is 1.35 bits per heavy atom. The first kappa shape index (κ1) is 11.5. The summed E-state index contributed by atoms with van der Waals surface area (Å²) in [5.74, 6) is -0.926. The molecule has 4 heteroatoms. The summed E-state index contributed by atoms with van der Waals surface area (Å²) in [5.41, 5.74) is 1.77. The molecule has 1 aromatic heterocycles. The number of aromatic carboxylic acids is 1. The van der Waals surface area contributed by atoms with Gasteiger partial charge in [-0.1, -0.05) is 19.4 Å². The van der Waals surface area contributed by atoms with Gasteiger partial charge in [-0.15, -0.1) is 0 Å². The Bertz CT molecular complexity index is 552. The third kappa shape index (κ3) is 2.41. The van der Waals surface area contributed by atoms with Crippen LogP contribution in [0, 0.1) is 0 Å². The summed E-state index contributed by atoms with van der Waals surface area (Å²) < 4.78 is 0. The van der Waals surface area contributed by atoms with E-state index in [0.717, 1.165) is 25.0 Å². The molecule has 1 heterocycles. The highest BCUT2D eigenvalue weighted by molar-refractivity contribution is 6.02. The summed E-state index contributed by atoms with van der Waals surface area (Å²) in [4.78, 5) is 11.1. The molecule has 0 amide bonds. The van der Waals surface area contributed by atoms with Gasteiger partial charge in [-0.05, 0) is 31.0 Å². The number of carbonyl (C=O) groups is 1. The van der Waals surface area contributed by atoms with Crippen LogP contribution in [0.2, 0.25) is 0 Å². The molecule has 2 aromatic rings. The van der Waals surface area contributed by atoms with Gasteiger partial charge < -0.3 is 5.11 Å². The van der Waals surface area contributed by atoms with E-state index in [-0.39, 0.29) is 5.56 Å². The summed E-state index contributed by atoms with van der Waals surface area (Å²) in [6, 6.07) is 6.89. The molecule has 0 fully saturated rings. The normalized spacial score (nSPS) is 10.6. The number of hydrogen-bond donors (Lipinski definition) is 1. The van der Waals surface area contributed by atoms with E-state index in [1.54, 1.807) is 18.2 Å². The molecule has 0 aliphatic carbocycles. The number of carboxylic acid groups (broad SMARTS) is 1. The lowest BCUT2D eigenvalue weighted by Gasteiger charge is -2.03. The zero-order valence-electron chi connectivity index (χ0n) is 9.68. The Kier molecular flexibility index (Phi) is 3.32. The summed E-state index contributed by atoms with van der Waals surface area (Å²) in [6.07, 6.45) is 2.96. The van der Waals surface area contributed by atoms with Crippen LogP contribution in [0.25, 0.3) is 10.9 Å². The van der Waals surface area contributed by atoms with Gasteiger partial charge >= 0.3 is 5.97 Å². The molecule has 2 rings (SSSR count). The monoisotopic (exact) mass is 230 g/mol. The molecule has 0 aliphatic rings. The molecule has 1 N–H and O–H groups in total. The van der Waals surface area contributed by atoms with Crippen LogP contribution in [-0.2, 0) is 6.42 Å². The number of unbranched alkanes of at least 4 members (excludes halogenated alkanes) is 1. The molecule has 4 nitrogen and oxygen atoms in total. The molecule has 0 aliphatic heterocycles. The first-order valence-corrected chi connectivity index (χ1v) is 5.71. The second-order valence-electron chi connectivity index (χ2n) is 3.98. The van der Waals surface area contributed by atoms with Crippen molar-refractivity contribution >= 4 is 16.9 Å². The number of fused-ring (bicyclic) bond motifs is 1. The standard InChI is InChI=1S/C13H14N2O2/c1-2-3-5-9-8-11-10(13(16)17)6-4-7-12(11)15-14-9/h4,6-8H,2-3,5H2,1H3,(H,16,17). The summed E-state index contributed by atoms with van der Waals surface area (Å²) in [7, 11) is 0. The number of aryl methyl sites for hydroxylation is 1. The average Bonchev–Trinajstić information content (AvgIpc) is 2.35. The largest absolute Gasteiger partial charge is 0.478 e. The number of nitrogens with zero attached hydrogens (tertiary/aromatic N) is 2. The number of aromatic nitrogens is 2. The number of benzene rings is 1. The van der Waals surface area contributed by atoms with Gasteiger partial charge in [0.25, 0.3) is 0 Å². The van der Waals surface area contributed by atoms with Gasteiger partial charge in [0.05, 0.1) is 16.8 Å². The number of rotatable bonds is 4. The fraction of sp³-hybridized carbons (Fsp3) is 0.308. The zero-order valence-corrected chi connectivity index (χ0v) is 9.68. The summed E-state index contributed by atoms with van der Waals surface area (Å²) in [5, 5.41) is 17.9. The smallest absolute Gasteiger partial charge is 0.336 e. The molecule has 1 aromatic carbocycles. The van der Waals surface area contributed by atoms with Crippen LogP contribution in [0.1, 0.15) is 35.8 Å². The van der Waals surface area contributed by atoms with Crippen LogP contribution in [0.4, 0.5) is 0 Å². The van der Waals surface area contributed by atoms with E-state index in [2.05, 4.69) is 17.1 Å². The van der Waals surface area contributed by atoms with Crippen molar-refractivity contribution in [1.29, 1.82) is 0 Å². The molecule has 0 unspecified atom stereocenters. The van der Waals surface area contributed by atoms with Crippen molar-refractivity contribution in [3.63, 3.8) is 0 Å². The van der Waals surface area contributed by atoms with Gasteiger partial charge in [0.2, 0.25) is 0 Å². The average molecular weight is 230 g/mol. The molecule has 0 bridgehead atoms. The van der Waals surface area contributed by atoms with Crippen molar-refractivity contribution in [1.82, 2.24) is 10.2 Å². The predicted molar refractivity (Wildman–Crippen MR) is 65.1 cm³/mol. The van der Waals surface area contributed by atoms with Gasteiger partial charge in [0.1, 0.15) is 0 Å². The van der Waals surface area contributed by atoms with Crippen LogP contribution >= 0.6 is 0 Å². The summed E-state index contributed by atoms with van der Waals surface area (Å²) in [6.45, 7) is 2.11. The SMILES string of the molecule is CCCCc1cc2c(C(=O)O)cccc2nn1. The lowest BCUT2D eigenvalue weighted by atomic mass is 10.1. The lowest BCUT2D eigenvalue weighted by molar-refractivity contribution is 0.0699. The maximum absolute atomic E-state index is 11.1. The number of carboxylic acids is 1. The van der Waals surface area contributed by atoms with Crippen molar-refractivity contribution in [2.75, 3.05) is 0 Å². The van der Waals surface area contributed by atoms with Crippen LogP contribution in [0.15, 0.2) is 24.3 Å². The van der Waals surface area contributed by atoms with E-state index in [4.69, 9.17) is 5.11 Å². The number of hydrogen-bond acceptors (Lipinski definition) is 3. The fourth-order valence-electron chi connectivity index (χ4n) is 1.77. The van der Waals surface area contributed by atoms with Crippen molar-refractivity contribution < 1.29 is 9.90 Å². The minimum atomic E-state index is -0.926. The Balaban J connectivity index is 2.50. The molecule has 0 radical (unpaired) electrons. The first-order chi connectivity index (χ1) is 8.22. The second kappa shape index (κ2) is 4.91. The topological polar surface area (TPSA) is 63.1 Å². The Labute approximate surface area is 99.3 Å². The molecule has 88 valence electrons. The van der Waals surface area contributed by atoms with E-state index < -0.39 is 5.97 Å². The van der Waals surface area contributed by atoms with Crippen molar-refractivity contribution in [2.24, 2.45) is 0 Å². The van der Waals surface area contributed by atoms with Crippen molar-refractivity contribution in [3.05, 3.63) is 35.5 Å². The highest BCUT2D eigenvalue weighted by Crippen LogP contribution is 2.17. The van der Waals surface area contributed by atoms with Gasteiger partial charge in [-0.25, -0.2) is 4.79 Å². The van der Waals surface area contributed by atoms with E-state index in [1.165, 1.54) is 0 Å². The fourth-order valence-corrected chi connectivity index (χ4v) is 1.77. The molecular formula is C13H14N2O2. The third-order valence-electron chi connectivity index (χ3n) is 2.70. The van der Waals surface area contributed by atoms with E-state index >= 15 is 0 Å². The summed E-state index contributed by atoms with van der Waals surface area (Å²) >= 11 is 0. The third-order valence-corrected chi connectivity index (χ3v) is 2.70. The minimum Gasteiger partial charge on any atom is -0.478 e.